The molecule has 0 spiro atoms. The monoisotopic (exact) mass is 251 g/mol. The first-order valence-corrected chi connectivity index (χ1v) is 6.59. The molecule has 1 aromatic heterocycles. The molecule has 0 bridgehead atoms. The van der Waals surface area contributed by atoms with Gasteiger partial charge in [-0.3, -0.25) is 0 Å². The lowest BCUT2D eigenvalue weighted by Crippen LogP contribution is -2.24. The number of nitrogens with one attached hydrogen (secondary N) is 1. The van der Waals surface area contributed by atoms with Gasteiger partial charge in [0, 0.05) is 25.4 Å². The molecule has 0 aliphatic carbocycles. The van der Waals surface area contributed by atoms with E-state index in [-0.39, 0.29) is 11.5 Å². The van der Waals surface area contributed by atoms with E-state index in [4.69, 9.17) is 4.74 Å². The highest BCUT2D eigenvalue weighted by Crippen LogP contribution is 2.34. The molecule has 1 aromatic rings. The second-order valence-electron chi connectivity index (χ2n) is 5.41. The van der Waals surface area contributed by atoms with Crippen molar-refractivity contribution in [2.75, 3.05) is 19.0 Å². The molecule has 0 radical (unpaired) electrons. The maximum Gasteiger partial charge on any atom is 0.160 e. The van der Waals surface area contributed by atoms with Crippen molar-refractivity contribution in [3.05, 3.63) is 17.6 Å². The summed E-state index contributed by atoms with van der Waals surface area (Å²) in [6, 6.07) is 1.98. The van der Waals surface area contributed by atoms with Crippen molar-refractivity contribution in [1.82, 2.24) is 9.97 Å². The third kappa shape index (κ3) is 3.67. The van der Waals surface area contributed by atoms with Gasteiger partial charge in [0.15, 0.2) is 5.82 Å². The fourth-order valence-electron chi connectivity index (χ4n) is 1.82. The van der Waals surface area contributed by atoms with E-state index in [0.717, 1.165) is 23.8 Å². The van der Waals surface area contributed by atoms with Crippen LogP contribution in [0, 0.1) is 5.41 Å². The molecule has 0 aromatic carbocycles. The van der Waals surface area contributed by atoms with Crippen molar-refractivity contribution >= 4 is 5.82 Å². The van der Waals surface area contributed by atoms with Gasteiger partial charge in [-0.1, -0.05) is 27.7 Å². The minimum absolute atomic E-state index is 0.0205. The van der Waals surface area contributed by atoms with E-state index in [1.54, 1.807) is 0 Å². The van der Waals surface area contributed by atoms with Crippen LogP contribution in [0.15, 0.2) is 6.07 Å². The van der Waals surface area contributed by atoms with E-state index in [1.165, 1.54) is 0 Å². The van der Waals surface area contributed by atoms with Crippen LogP contribution in [0.4, 0.5) is 5.82 Å². The Morgan fingerprint density at radius 1 is 1.28 bits per heavy atom. The van der Waals surface area contributed by atoms with Crippen molar-refractivity contribution in [3.8, 4) is 0 Å². The standard InChI is InChI=1S/C14H25N3O/c1-7-10-9-11(15-6)17-13(16-10)12(18-8-2)14(3,4)5/h9,12H,7-8H2,1-6H3,(H,15,16,17). The molecule has 1 atom stereocenters. The van der Waals surface area contributed by atoms with E-state index in [0.29, 0.717) is 6.61 Å². The van der Waals surface area contributed by atoms with Crippen molar-refractivity contribution in [2.24, 2.45) is 5.41 Å². The summed E-state index contributed by atoms with van der Waals surface area (Å²) in [4.78, 5) is 9.15. The summed E-state index contributed by atoms with van der Waals surface area (Å²) < 4.78 is 5.84. The lowest BCUT2D eigenvalue weighted by Gasteiger charge is -2.29. The van der Waals surface area contributed by atoms with Crippen molar-refractivity contribution < 1.29 is 4.74 Å². The van der Waals surface area contributed by atoms with Gasteiger partial charge >= 0.3 is 0 Å². The third-order valence-electron chi connectivity index (χ3n) is 2.77. The summed E-state index contributed by atoms with van der Waals surface area (Å²) in [5.41, 5.74) is 1.02. The largest absolute Gasteiger partial charge is 0.373 e. The summed E-state index contributed by atoms with van der Waals surface area (Å²) >= 11 is 0. The lowest BCUT2D eigenvalue weighted by molar-refractivity contribution is -0.0191. The van der Waals surface area contributed by atoms with Gasteiger partial charge < -0.3 is 10.1 Å². The first kappa shape index (κ1) is 14.9. The number of anilines is 1. The number of aryl methyl sites for hydroxylation is 1. The first-order chi connectivity index (χ1) is 8.42. The van der Waals surface area contributed by atoms with Crippen molar-refractivity contribution in [2.45, 2.75) is 47.1 Å². The number of rotatable bonds is 5. The van der Waals surface area contributed by atoms with Gasteiger partial charge in [0.2, 0.25) is 0 Å². The van der Waals surface area contributed by atoms with Crippen LogP contribution < -0.4 is 5.32 Å². The van der Waals surface area contributed by atoms with Gasteiger partial charge in [0.1, 0.15) is 11.9 Å². The Balaban J connectivity index is 3.18. The average Bonchev–Trinajstić information content (AvgIpc) is 2.33. The van der Waals surface area contributed by atoms with Crippen LogP contribution >= 0.6 is 0 Å². The summed E-state index contributed by atoms with van der Waals surface area (Å²) in [6.45, 7) is 11.2. The lowest BCUT2D eigenvalue weighted by atomic mass is 9.88. The summed E-state index contributed by atoms with van der Waals surface area (Å²) in [6.07, 6.45) is 0.814. The van der Waals surface area contributed by atoms with Crippen molar-refractivity contribution in [3.63, 3.8) is 0 Å². The van der Waals surface area contributed by atoms with Crippen LogP contribution in [0.25, 0.3) is 0 Å². The quantitative estimate of drug-likeness (QED) is 0.873. The number of ether oxygens (including phenoxy) is 1. The molecule has 1 rings (SSSR count). The van der Waals surface area contributed by atoms with Crippen LogP contribution in [-0.4, -0.2) is 23.6 Å². The molecule has 1 heterocycles. The van der Waals surface area contributed by atoms with Gasteiger partial charge in [-0.15, -0.1) is 0 Å². The first-order valence-electron chi connectivity index (χ1n) is 6.59. The number of hydrogen-bond donors (Lipinski definition) is 1. The van der Waals surface area contributed by atoms with Gasteiger partial charge in [-0.25, -0.2) is 9.97 Å². The molecule has 4 nitrogen and oxygen atoms in total. The molecule has 0 fully saturated rings. The molecule has 18 heavy (non-hydrogen) atoms. The minimum atomic E-state index is -0.0823. The molecule has 102 valence electrons. The highest BCUT2D eigenvalue weighted by molar-refractivity contribution is 5.35. The van der Waals surface area contributed by atoms with Crippen LogP contribution in [0.5, 0.6) is 0 Å². The second kappa shape index (κ2) is 6.14. The zero-order valence-corrected chi connectivity index (χ0v) is 12.4. The molecule has 0 aliphatic rings. The Bertz CT molecular complexity index is 363. The van der Waals surface area contributed by atoms with Crippen LogP contribution in [-0.2, 0) is 11.2 Å². The number of aromatic nitrogens is 2. The molecule has 4 heteroatoms. The average molecular weight is 251 g/mol. The number of nitrogens with zero attached hydrogens (tertiary/aromatic N) is 2. The fourth-order valence-corrected chi connectivity index (χ4v) is 1.82. The minimum Gasteiger partial charge on any atom is -0.373 e. The second-order valence-corrected chi connectivity index (χ2v) is 5.41. The fraction of sp³-hybridized carbons (Fsp3) is 0.714. The Morgan fingerprint density at radius 3 is 2.39 bits per heavy atom. The highest BCUT2D eigenvalue weighted by Gasteiger charge is 2.29. The Hall–Kier alpha value is -1.16. The molecule has 0 saturated heterocycles. The zero-order valence-electron chi connectivity index (χ0n) is 12.4. The van der Waals surface area contributed by atoms with E-state index in [1.807, 2.05) is 20.0 Å². The van der Waals surface area contributed by atoms with E-state index < -0.39 is 0 Å². The maximum atomic E-state index is 5.84. The van der Waals surface area contributed by atoms with Gasteiger partial charge in [-0.05, 0) is 18.8 Å². The van der Waals surface area contributed by atoms with E-state index >= 15 is 0 Å². The Morgan fingerprint density at radius 2 is 1.94 bits per heavy atom. The molecular formula is C14H25N3O. The zero-order chi connectivity index (χ0) is 13.8. The SMILES string of the molecule is CCOC(c1nc(CC)cc(NC)n1)C(C)(C)C. The molecule has 0 aliphatic heterocycles. The molecule has 0 saturated carbocycles. The van der Waals surface area contributed by atoms with E-state index in [2.05, 4.69) is 43.0 Å². The Kier molecular flexibility index (Phi) is 5.08. The van der Waals surface area contributed by atoms with Gasteiger partial charge in [0.25, 0.3) is 0 Å². The maximum absolute atomic E-state index is 5.84. The third-order valence-corrected chi connectivity index (χ3v) is 2.77. The predicted molar refractivity (Wildman–Crippen MR) is 74.8 cm³/mol. The number of hydrogen-bond acceptors (Lipinski definition) is 4. The topological polar surface area (TPSA) is 47.0 Å². The van der Waals surface area contributed by atoms with Crippen LogP contribution in [0.1, 0.15) is 52.2 Å². The summed E-state index contributed by atoms with van der Waals surface area (Å²) in [5, 5.41) is 3.08. The summed E-state index contributed by atoms with van der Waals surface area (Å²) in [5.74, 6) is 1.62. The van der Waals surface area contributed by atoms with Crippen LogP contribution in [0.3, 0.4) is 0 Å². The van der Waals surface area contributed by atoms with Crippen molar-refractivity contribution in [1.29, 1.82) is 0 Å². The van der Waals surface area contributed by atoms with Crippen LogP contribution in [0.2, 0.25) is 0 Å². The molecule has 1 unspecified atom stereocenters. The normalized spacial score (nSPS) is 13.4. The smallest absolute Gasteiger partial charge is 0.160 e. The molecule has 1 N–H and O–H groups in total. The molecular weight excluding hydrogens is 226 g/mol. The van der Waals surface area contributed by atoms with Gasteiger partial charge in [-0.2, -0.15) is 0 Å². The highest BCUT2D eigenvalue weighted by atomic mass is 16.5. The van der Waals surface area contributed by atoms with E-state index in [9.17, 15) is 0 Å². The Labute approximate surface area is 110 Å². The molecule has 0 amide bonds. The predicted octanol–water partition coefficient (Wildman–Crippen LogP) is 3.20. The van der Waals surface area contributed by atoms with Gasteiger partial charge in [0.05, 0.1) is 0 Å². The summed E-state index contributed by atoms with van der Waals surface area (Å²) in [7, 11) is 1.87.